The third-order valence-corrected chi connectivity index (χ3v) is 6.29. The van der Waals surface area contributed by atoms with Crippen molar-refractivity contribution in [3.8, 4) is 51.2 Å². The predicted molar refractivity (Wildman–Crippen MR) is 144 cm³/mol. The molecule has 0 bridgehead atoms. The number of nitrogens with zero attached hydrogens (tertiary/aromatic N) is 4. The van der Waals surface area contributed by atoms with Crippen LogP contribution in [0.3, 0.4) is 0 Å². The number of H-pyrrole nitrogens is 2. The van der Waals surface area contributed by atoms with Gasteiger partial charge in [-0.1, -0.05) is 49.7 Å². The van der Waals surface area contributed by atoms with Crippen LogP contribution in [0.2, 0.25) is 0 Å². The molecule has 11 nitrogen and oxygen atoms in total. The molecule has 39 heavy (non-hydrogen) atoms. The fraction of sp³-hybridized carbons (Fsp3) is 0.250. The molecule has 3 heterocycles. The van der Waals surface area contributed by atoms with Crippen molar-refractivity contribution in [1.82, 2.24) is 30.4 Å². The highest BCUT2D eigenvalue weighted by Gasteiger charge is 2.27. The number of aromatic hydroxyl groups is 1. The molecule has 0 fully saturated rings. The van der Waals surface area contributed by atoms with Gasteiger partial charge < -0.3 is 24.0 Å². The predicted octanol–water partition coefficient (Wildman–Crippen LogP) is 4.53. The second kappa shape index (κ2) is 11.2. The first-order valence-corrected chi connectivity index (χ1v) is 12.5. The summed E-state index contributed by atoms with van der Waals surface area (Å²) in [6.07, 6.45) is 2.38. The monoisotopic (exact) mass is 528 g/mol. The van der Waals surface area contributed by atoms with Gasteiger partial charge in [-0.25, -0.2) is 4.98 Å². The zero-order valence-corrected chi connectivity index (χ0v) is 21.8. The van der Waals surface area contributed by atoms with Gasteiger partial charge in [0, 0.05) is 11.3 Å². The van der Waals surface area contributed by atoms with E-state index in [0.717, 1.165) is 18.4 Å². The summed E-state index contributed by atoms with van der Waals surface area (Å²) in [5.74, 6) is 1.79. The van der Waals surface area contributed by atoms with Gasteiger partial charge in [-0.15, -0.1) is 10.2 Å². The molecule has 5 rings (SSSR count). The average molecular weight is 529 g/mol. The standard InChI is InChI=1S/C28H28N6O5/c1-4-5-12-17-22(23-18(37-2)13-9-14-19(23)38-3)25(35)24(27(36)29-17)28-34-32-21(39-28)15-20-30-26(33-31-20)16-10-7-6-8-11-16/h6-11,13-14H,4-5,12,15H2,1-3H3,(H2,29,35,36)(H,30,31,33). The largest absolute Gasteiger partial charge is 0.506 e. The van der Waals surface area contributed by atoms with Gasteiger partial charge in [0.15, 0.2) is 5.82 Å². The summed E-state index contributed by atoms with van der Waals surface area (Å²) in [6, 6.07) is 14.9. The van der Waals surface area contributed by atoms with Crippen molar-refractivity contribution in [1.29, 1.82) is 0 Å². The van der Waals surface area contributed by atoms with E-state index in [-0.39, 0.29) is 29.5 Å². The number of nitrogens with one attached hydrogen (secondary N) is 2. The maximum absolute atomic E-state index is 13.2. The van der Waals surface area contributed by atoms with Crippen LogP contribution < -0.4 is 15.0 Å². The van der Waals surface area contributed by atoms with Crippen LogP contribution in [0.1, 0.15) is 37.2 Å². The molecule has 0 atom stereocenters. The molecule has 0 unspecified atom stereocenters. The minimum Gasteiger partial charge on any atom is -0.506 e. The van der Waals surface area contributed by atoms with Gasteiger partial charge in [0.05, 0.1) is 31.8 Å². The molecule has 11 heteroatoms. The van der Waals surface area contributed by atoms with Crippen LogP contribution in [0.4, 0.5) is 0 Å². The minimum absolute atomic E-state index is 0.122. The number of hydrogen-bond acceptors (Lipinski definition) is 9. The number of aromatic nitrogens is 6. The van der Waals surface area contributed by atoms with Crippen molar-refractivity contribution >= 4 is 0 Å². The lowest BCUT2D eigenvalue weighted by Crippen LogP contribution is -2.14. The Morgan fingerprint density at radius 2 is 1.69 bits per heavy atom. The molecule has 0 saturated heterocycles. The van der Waals surface area contributed by atoms with Crippen molar-refractivity contribution in [3.63, 3.8) is 0 Å². The molecule has 3 aromatic heterocycles. The summed E-state index contributed by atoms with van der Waals surface area (Å²) in [7, 11) is 3.06. The number of benzene rings is 2. The molecule has 2 aromatic carbocycles. The zero-order valence-electron chi connectivity index (χ0n) is 21.8. The first-order chi connectivity index (χ1) is 19.0. The van der Waals surface area contributed by atoms with Gasteiger partial charge in [0.25, 0.3) is 11.4 Å². The summed E-state index contributed by atoms with van der Waals surface area (Å²) in [5, 5.41) is 26.8. The van der Waals surface area contributed by atoms with Gasteiger partial charge in [0.2, 0.25) is 5.89 Å². The molecule has 0 aliphatic heterocycles. The number of methoxy groups -OCH3 is 2. The lowest BCUT2D eigenvalue weighted by Gasteiger charge is -2.18. The first kappa shape index (κ1) is 25.7. The van der Waals surface area contributed by atoms with Crippen LogP contribution in [-0.4, -0.2) is 49.7 Å². The van der Waals surface area contributed by atoms with Crippen molar-refractivity contribution < 1.29 is 19.0 Å². The van der Waals surface area contributed by atoms with Crippen LogP contribution >= 0.6 is 0 Å². The van der Waals surface area contributed by atoms with Crippen LogP contribution in [0, 0.1) is 0 Å². The highest BCUT2D eigenvalue weighted by atomic mass is 16.5. The topological polar surface area (TPSA) is 152 Å². The van der Waals surface area contributed by atoms with E-state index >= 15 is 0 Å². The molecular formula is C28H28N6O5. The molecule has 0 saturated carbocycles. The normalized spacial score (nSPS) is 11.1. The van der Waals surface area contributed by atoms with Crippen molar-refractivity contribution in [3.05, 3.63) is 76.3 Å². The Bertz CT molecular complexity index is 1620. The Kier molecular flexibility index (Phi) is 7.39. The number of ether oxygens (including phenoxy) is 2. The number of aryl methyl sites for hydroxylation is 1. The quantitative estimate of drug-likeness (QED) is 0.237. The van der Waals surface area contributed by atoms with Crippen LogP contribution in [0.15, 0.2) is 57.7 Å². The molecule has 200 valence electrons. The van der Waals surface area contributed by atoms with Crippen LogP contribution in [0.5, 0.6) is 17.2 Å². The minimum atomic E-state index is -0.544. The van der Waals surface area contributed by atoms with Gasteiger partial charge in [-0.05, 0) is 25.0 Å². The van der Waals surface area contributed by atoms with E-state index in [0.29, 0.717) is 46.4 Å². The molecule has 0 amide bonds. The summed E-state index contributed by atoms with van der Waals surface area (Å²) < 4.78 is 17.0. The molecular weight excluding hydrogens is 500 g/mol. The third kappa shape index (κ3) is 5.11. The van der Waals surface area contributed by atoms with Crippen molar-refractivity contribution in [2.24, 2.45) is 0 Å². The number of hydrogen-bond donors (Lipinski definition) is 3. The molecule has 0 spiro atoms. The highest BCUT2D eigenvalue weighted by molar-refractivity contribution is 5.87. The summed E-state index contributed by atoms with van der Waals surface area (Å²) in [6.45, 7) is 2.05. The molecule has 0 aliphatic carbocycles. The highest BCUT2D eigenvalue weighted by Crippen LogP contribution is 2.46. The molecule has 3 N–H and O–H groups in total. The Labute approximate surface area is 223 Å². The third-order valence-electron chi connectivity index (χ3n) is 6.29. The van der Waals surface area contributed by atoms with Crippen molar-refractivity contribution in [2.45, 2.75) is 32.6 Å². The second-order valence-electron chi connectivity index (χ2n) is 8.82. The van der Waals surface area contributed by atoms with Crippen LogP contribution in [-0.2, 0) is 12.8 Å². The first-order valence-electron chi connectivity index (χ1n) is 12.5. The van der Waals surface area contributed by atoms with E-state index in [4.69, 9.17) is 13.9 Å². The van der Waals surface area contributed by atoms with E-state index in [1.54, 1.807) is 18.2 Å². The fourth-order valence-corrected chi connectivity index (χ4v) is 4.40. The Balaban J connectivity index is 1.55. The second-order valence-corrected chi connectivity index (χ2v) is 8.82. The maximum atomic E-state index is 13.2. The molecule has 5 aromatic rings. The van der Waals surface area contributed by atoms with Gasteiger partial charge in [-0.3, -0.25) is 9.89 Å². The summed E-state index contributed by atoms with van der Waals surface area (Å²) >= 11 is 0. The van der Waals surface area contributed by atoms with Gasteiger partial charge in [-0.2, -0.15) is 5.10 Å². The van der Waals surface area contributed by atoms with E-state index in [2.05, 4.69) is 30.4 Å². The van der Waals surface area contributed by atoms with E-state index in [1.165, 1.54) is 14.2 Å². The molecule has 0 radical (unpaired) electrons. The van der Waals surface area contributed by atoms with E-state index in [1.807, 2.05) is 37.3 Å². The smallest absolute Gasteiger partial charge is 0.264 e. The van der Waals surface area contributed by atoms with Crippen molar-refractivity contribution in [2.75, 3.05) is 14.2 Å². The number of unbranched alkanes of at least 4 members (excludes halogenated alkanes) is 1. The Morgan fingerprint density at radius 3 is 2.38 bits per heavy atom. The van der Waals surface area contributed by atoms with Gasteiger partial charge in [0.1, 0.15) is 28.6 Å². The van der Waals surface area contributed by atoms with E-state index < -0.39 is 5.56 Å². The Hall–Kier alpha value is -4.93. The fourth-order valence-electron chi connectivity index (χ4n) is 4.40. The van der Waals surface area contributed by atoms with Gasteiger partial charge >= 0.3 is 0 Å². The lowest BCUT2D eigenvalue weighted by molar-refractivity contribution is 0.396. The summed E-state index contributed by atoms with van der Waals surface area (Å²) in [5.41, 5.74) is 1.64. The SMILES string of the molecule is CCCCc1[nH]c(=O)c(-c2nnc(Cc3nc(-c4ccccc4)n[nH]3)o2)c(O)c1-c1c(OC)cccc1OC. The number of aromatic amines is 2. The number of rotatable bonds is 10. The Morgan fingerprint density at radius 1 is 0.949 bits per heavy atom. The maximum Gasteiger partial charge on any atom is 0.264 e. The van der Waals surface area contributed by atoms with E-state index in [9.17, 15) is 9.90 Å². The summed E-state index contributed by atoms with van der Waals surface area (Å²) in [4.78, 5) is 20.6. The zero-order chi connectivity index (χ0) is 27.4. The number of pyridine rings is 1. The lowest BCUT2D eigenvalue weighted by atomic mass is 9.96. The molecule has 0 aliphatic rings. The average Bonchev–Trinajstić information content (AvgIpc) is 3.62. The van der Waals surface area contributed by atoms with Crippen LogP contribution in [0.25, 0.3) is 34.0 Å².